The lowest BCUT2D eigenvalue weighted by Gasteiger charge is -2.25. The van der Waals surface area contributed by atoms with Crippen molar-refractivity contribution in [1.29, 1.82) is 0 Å². The summed E-state index contributed by atoms with van der Waals surface area (Å²) < 4.78 is 26.8. The first-order chi connectivity index (χ1) is 10.6. The third-order valence-electron chi connectivity index (χ3n) is 3.61. The fourth-order valence-electron chi connectivity index (χ4n) is 2.70. The van der Waals surface area contributed by atoms with Gasteiger partial charge in [-0.2, -0.15) is 0 Å². The molecule has 1 aliphatic rings. The molecule has 1 unspecified atom stereocenters. The number of nitrogens with one attached hydrogen (secondary N) is 1. The Morgan fingerprint density at radius 2 is 1.73 bits per heavy atom. The molecule has 0 aromatic heterocycles. The van der Waals surface area contributed by atoms with Gasteiger partial charge in [-0.15, -0.1) is 0 Å². The second-order valence-electron chi connectivity index (χ2n) is 4.93. The molecular weight excluding hydrogens is 304 g/mol. The molecule has 1 amide bonds. The summed E-state index contributed by atoms with van der Waals surface area (Å²) >= 11 is 0. The Morgan fingerprint density at radius 3 is 2.41 bits per heavy atom. The largest absolute Gasteiger partial charge is 0.289 e. The van der Waals surface area contributed by atoms with Crippen LogP contribution in [0.1, 0.15) is 18.0 Å². The highest BCUT2D eigenvalue weighted by Gasteiger charge is 2.43. The molecule has 1 atom stereocenters. The topological polar surface area (TPSA) is 86.7 Å². The highest BCUT2D eigenvalue weighted by Crippen LogP contribution is 2.44. The number of carbonyl (C=O) groups excluding carboxylic acids is 1. The van der Waals surface area contributed by atoms with Gasteiger partial charge in [-0.05, 0) is 23.8 Å². The first-order valence-electron chi connectivity index (χ1n) is 6.67. The molecule has 0 fully saturated rings. The van der Waals surface area contributed by atoms with Gasteiger partial charge in [0.1, 0.15) is 0 Å². The number of hydrogen-bond donors (Lipinski definition) is 2. The summed E-state index contributed by atoms with van der Waals surface area (Å²) in [6.07, 6.45) is -0.165. The van der Waals surface area contributed by atoms with Crippen LogP contribution in [-0.4, -0.2) is 19.5 Å². The van der Waals surface area contributed by atoms with Gasteiger partial charge in [-0.25, -0.2) is 13.9 Å². The van der Waals surface area contributed by atoms with Crippen molar-refractivity contribution < 1.29 is 18.4 Å². The Balaban J connectivity index is 2.16. The van der Waals surface area contributed by atoms with E-state index in [9.17, 15) is 13.2 Å². The predicted molar refractivity (Wildman–Crippen MR) is 79.8 cm³/mol. The maximum absolute atomic E-state index is 12.8. The van der Waals surface area contributed by atoms with E-state index in [0.717, 1.165) is 0 Å². The average molecular weight is 318 g/mol. The molecule has 6 nitrogen and oxygen atoms in total. The van der Waals surface area contributed by atoms with Crippen LogP contribution in [0.15, 0.2) is 59.5 Å². The number of sulfonamides is 1. The van der Waals surface area contributed by atoms with Crippen LogP contribution in [0.4, 0.5) is 5.69 Å². The van der Waals surface area contributed by atoms with Gasteiger partial charge in [0, 0.05) is 0 Å². The molecule has 2 aromatic carbocycles. The standard InChI is InChI=1S/C15H14N2O4S/c18-15(16-19)10-13-12-8-4-5-9-14(12)22(20,21)17(13)11-6-2-1-3-7-11/h1-9,13,19H,10H2,(H,16,18). The van der Waals surface area contributed by atoms with Crippen molar-refractivity contribution in [2.45, 2.75) is 17.4 Å². The molecular formula is C15H14N2O4S. The zero-order valence-electron chi connectivity index (χ0n) is 11.5. The lowest BCUT2D eigenvalue weighted by molar-refractivity contribution is -0.129. The SMILES string of the molecule is O=C(CC1c2ccccc2S(=O)(=O)N1c1ccccc1)NO. The molecule has 0 spiro atoms. The minimum Gasteiger partial charge on any atom is -0.289 e. The van der Waals surface area contributed by atoms with Crippen molar-refractivity contribution in [3.05, 3.63) is 60.2 Å². The monoisotopic (exact) mass is 318 g/mol. The summed E-state index contributed by atoms with van der Waals surface area (Å²) in [5.74, 6) is -0.641. The summed E-state index contributed by atoms with van der Waals surface area (Å²) in [5, 5.41) is 8.76. The zero-order valence-corrected chi connectivity index (χ0v) is 12.3. The van der Waals surface area contributed by atoms with Crippen LogP contribution >= 0.6 is 0 Å². The van der Waals surface area contributed by atoms with Crippen molar-refractivity contribution in [3.8, 4) is 0 Å². The fraction of sp³-hybridized carbons (Fsp3) is 0.133. The highest BCUT2D eigenvalue weighted by molar-refractivity contribution is 7.93. The Kier molecular flexibility index (Phi) is 3.59. The molecule has 0 saturated carbocycles. The van der Waals surface area contributed by atoms with Crippen LogP contribution < -0.4 is 9.79 Å². The highest BCUT2D eigenvalue weighted by atomic mass is 32.2. The Morgan fingerprint density at radius 1 is 1.09 bits per heavy atom. The summed E-state index contributed by atoms with van der Waals surface area (Å²) in [7, 11) is -3.73. The number of para-hydroxylation sites is 1. The lowest BCUT2D eigenvalue weighted by Crippen LogP contribution is -2.32. The molecule has 2 N–H and O–H groups in total. The van der Waals surface area contributed by atoms with E-state index in [-0.39, 0.29) is 11.3 Å². The number of benzene rings is 2. The minimum absolute atomic E-state index is 0.165. The van der Waals surface area contributed by atoms with Crippen LogP contribution in [0.5, 0.6) is 0 Å². The van der Waals surface area contributed by atoms with Crippen molar-refractivity contribution in [1.82, 2.24) is 5.48 Å². The van der Waals surface area contributed by atoms with Gasteiger partial charge >= 0.3 is 0 Å². The van der Waals surface area contributed by atoms with Crippen LogP contribution in [0.25, 0.3) is 0 Å². The van der Waals surface area contributed by atoms with Crippen molar-refractivity contribution in [2.75, 3.05) is 4.31 Å². The molecule has 7 heteroatoms. The summed E-state index contributed by atoms with van der Waals surface area (Å²) in [5.41, 5.74) is 2.59. The Hall–Kier alpha value is -2.38. The van der Waals surface area contributed by atoms with E-state index >= 15 is 0 Å². The number of hydrogen-bond acceptors (Lipinski definition) is 4. The van der Waals surface area contributed by atoms with Gasteiger partial charge < -0.3 is 0 Å². The van der Waals surface area contributed by atoms with E-state index in [1.165, 1.54) is 10.4 Å². The average Bonchev–Trinajstić information content (AvgIpc) is 2.76. The van der Waals surface area contributed by atoms with Gasteiger partial charge in [-0.3, -0.25) is 14.3 Å². The fourth-order valence-corrected chi connectivity index (χ4v) is 4.59. The molecule has 2 aromatic rings. The van der Waals surface area contributed by atoms with E-state index in [1.54, 1.807) is 54.0 Å². The second kappa shape index (κ2) is 5.43. The first kappa shape index (κ1) is 14.6. The van der Waals surface area contributed by atoms with Crippen LogP contribution in [0, 0.1) is 0 Å². The van der Waals surface area contributed by atoms with Crippen molar-refractivity contribution >= 4 is 21.6 Å². The number of carbonyl (C=O) groups is 1. The maximum atomic E-state index is 12.8. The molecule has 0 saturated heterocycles. The second-order valence-corrected chi connectivity index (χ2v) is 6.71. The van der Waals surface area contributed by atoms with E-state index < -0.39 is 22.0 Å². The quantitative estimate of drug-likeness (QED) is 0.668. The minimum atomic E-state index is -3.73. The van der Waals surface area contributed by atoms with Crippen molar-refractivity contribution in [3.63, 3.8) is 0 Å². The summed E-state index contributed by atoms with van der Waals surface area (Å²) in [6, 6.07) is 14.5. The third-order valence-corrected chi connectivity index (χ3v) is 5.52. The van der Waals surface area contributed by atoms with Gasteiger partial charge in [0.05, 0.1) is 23.0 Å². The van der Waals surface area contributed by atoms with Gasteiger partial charge in [0.2, 0.25) is 5.91 Å². The van der Waals surface area contributed by atoms with Crippen LogP contribution in [0.2, 0.25) is 0 Å². The summed E-state index contributed by atoms with van der Waals surface area (Å²) in [4.78, 5) is 11.8. The molecule has 1 aliphatic heterocycles. The molecule has 0 aliphatic carbocycles. The number of amides is 1. The predicted octanol–water partition coefficient (Wildman–Crippen LogP) is 1.83. The number of hydroxylamine groups is 1. The van der Waals surface area contributed by atoms with Crippen LogP contribution in [-0.2, 0) is 14.8 Å². The lowest BCUT2D eigenvalue weighted by atomic mass is 10.0. The molecule has 3 rings (SSSR count). The molecule has 1 heterocycles. The summed E-state index contributed by atoms with van der Waals surface area (Å²) in [6.45, 7) is 0. The zero-order chi connectivity index (χ0) is 15.7. The number of nitrogens with zero attached hydrogens (tertiary/aromatic N) is 1. The van der Waals surface area contributed by atoms with E-state index in [1.807, 2.05) is 0 Å². The van der Waals surface area contributed by atoms with Crippen molar-refractivity contribution in [2.24, 2.45) is 0 Å². The van der Waals surface area contributed by atoms with E-state index in [2.05, 4.69) is 0 Å². The maximum Gasteiger partial charge on any atom is 0.265 e. The van der Waals surface area contributed by atoms with Gasteiger partial charge in [0.15, 0.2) is 0 Å². The van der Waals surface area contributed by atoms with Gasteiger partial charge in [-0.1, -0.05) is 36.4 Å². The first-order valence-corrected chi connectivity index (χ1v) is 8.11. The Bertz CT molecular complexity index is 805. The molecule has 114 valence electrons. The smallest absolute Gasteiger partial charge is 0.265 e. The van der Waals surface area contributed by atoms with E-state index in [4.69, 9.17) is 5.21 Å². The number of rotatable bonds is 3. The van der Waals surface area contributed by atoms with Gasteiger partial charge in [0.25, 0.3) is 10.0 Å². The normalized spacial score (nSPS) is 18.8. The third kappa shape index (κ3) is 2.24. The molecule has 0 radical (unpaired) electrons. The van der Waals surface area contributed by atoms with E-state index in [0.29, 0.717) is 11.3 Å². The van der Waals surface area contributed by atoms with Crippen LogP contribution in [0.3, 0.4) is 0 Å². The molecule has 0 bridgehead atoms. The molecule has 22 heavy (non-hydrogen) atoms. The Labute approximate surface area is 128 Å². The number of anilines is 1. The number of fused-ring (bicyclic) bond motifs is 1.